The largest absolute Gasteiger partial charge is 0.486 e. The van der Waals surface area contributed by atoms with Gasteiger partial charge in [0.15, 0.2) is 11.5 Å². The van der Waals surface area contributed by atoms with Gasteiger partial charge >= 0.3 is 0 Å². The zero-order valence-corrected chi connectivity index (χ0v) is 16.9. The van der Waals surface area contributed by atoms with Gasteiger partial charge in [-0.1, -0.05) is 41.9 Å². The minimum absolute atomic E-state index is 0.0598. The number of carbonyl (C=O) groups is 1. The maximum Gasteiger partial charge on any atom is 0.246 e. The van der Waals surface area contributed by atoms with Crippen LogP contribution >= 0.6 is 11.6 Å². The Morgan fingerprint density at radius 2 is 1.97 bits per heavy atom. The minimum Gasteiger partial charge on any atom is -0.486 e. The van der Waals surface area contributed by atoms with E-state index in [0.29, 0.717) is 42.8 Å². The minimum atomic E-state index is -0.0598. The molecule has 1 saturated heterocycles. The number of hydrogen-bond acceptors (Lipinski definition) is 4. The van der Waals surface area contributed by atoms with Crippen molar-refractivity contribution in [2.45, 2.75) is 25.5 Å². The van der Waals surface area contributed by atoms with Crippen LogP contribution in [0, 0.1) is 0 Å². The summed E-state index contributed by atoms with van der Waals surface area (Å²) in [6.07, 6.45) is 5.48. The lowest BCUT2D eigenvalue weighted by atomic mass is 10.1. The van der Waals surface area contributed by atoms with E-state index in [1.807, 2.05) is 41.3 Å². The van der Waals surface area contributed by atoms with Crippen LogP contribution in [-0.4, -0.2) is 43.3 Å². The standard InChI is InChI=1S/C23H24ClNO4/c24-20-13-18(14-21-23(20)29-12-11-28-21)8-9-22(26)25(16-19-7-4-10-27-19)15-17-5-2-1-3-6-17/h1-3,5-6,8-9,13-14,19H,4,7,10-12,15-16H2. The van der Waals surface area contributed by atoms with Crippen LogP contribution < -0.4 is 9.47 Å². The summed E-state index contributed by atoms with van der Waals surface area (Å²) in [5, 5.41) is 0.481. The molecule has 6 heteroatoms. The summed E-state index contributed by atoms with van der Waals surface area (Å²) < 4.78 is 16.9. The highest BCUT2D eigenvalue weighted by Crippen LogP contribution is 2.38. The lowest BCUT2D eigenvalue weighted by molar-refractivity contribution is -0.128. The van der Waals surface area contributed by atoms with E-state index in [1.165, 1.54) is 0 Å². The van der Waals surface area contributed by atoms with E-state index in [-0.39, 0.29) is 12.0 Å². The number of ether oxygens (including phenoxy) is 3. The fourth-order valence-electron chi connectivity index (χ4n) is 3.57. The van der Waals surface area contributed by atoms with E-state index in [2.05, 4.69) is 0 Å². The van der Waals surface area contributed by atoms with Crippen molar-refractivity contribution in [2.75, 3.05) is 26.4 Å². The highest BCUT2D eigenvalue weighted by Gasteiger charge is 2.22. The summed E-state index contributed by atoms with van der Waals surface area (Å²) >= 11 is 6.30. The normalized spacial score (nSPS) is 18.2. The molecule has 29 heavy (non-hydrogen) atoms. The molecule has 2 aromatic rings. The first-order valence-corrected chi connectivity index (χ1v) is 10.3. The van der Waals surface area contributed by atoms with Crippen LogP contribution in [-0.2, 0) is 16.1 Å². The van der Waals surface area contributed by atoms with Crippen molar-refractivity contribution >= 4 is 23.6 Å². The fraction of sp³-hybridized carbons (Fsp3) is 0.348. The number of benzene rings is 2. The first-order chi connectivity index (χ1) is 14.2. The van der Waals surface area contributed by atoms with Gasteiger partial charge in [0.05, 0.1) is 11.1 Å². The molecule has 2 aliphatic rings. The summed E-state index contributed by atoms with van der Waals surface area (Å²) in [6.45, 7) is 2.87. The van der Waals surface area contributed by atoms with Gasteiger partial charge in [-0.15, -0.1) is 0 Å². The molecule has 2 aliphatic heterocycles. The molecule has 0 radical (unpaired) electrons. The molecule has 1 atom stereocenters. The van der Waals surface area contributed by atoms with Crippen molar-refractivity contribution in [1.82, 2.24) is 4.90 Å². The Hall–Kier alpha value is -2.50. The average molecular weight is 414 g/mol. The molecule has 2 aromatic carbocycles. The van der Waals surface area contributed by atoms with Gasteiger partial charge in [0.1, 0.15) is 13.2 Å². The van der Waals surface area contributed by atoms with Crippen LogP contribution in [0.1, 0.15) is 24.0 Å². The molecule has 1 unspecified atom stereocenters. The molecule has 2 heterocycles. The monoisotopic (exact) mass is 413 g/mol. The molecule has 0 aliphatic carbocycles. The molecule has 0 spiro atoms. The van der Waals surface area contributed by atoms with Crippen LogP contribution in [0.25, 0.3) is 6.08 Å². The Morgan fingerprint density at radius 1 is 1.14 bits per heavy atom. The highest BCUT2D eigenvalue weighted by atomic mass is 35.5. The number of fused-ring (bicyclic) bond motifs is 1. The van der Waals surface area contributed by atoms with Gasteiger partial charge in [-0.05, 0) is 42.2 Å². The number of halogens is 1. The quantitative estimate of drug-likeness (QED) is 0.661. The summed E-state index contributed by atoms with van der Waals surface area (Å²) in [4.78, 5) is 14.8. The lowest BCUT2D eigenvalue weighted by Crippen LogP contribution is -2.35. The van der Waals surface area contributed by atoms with Crippen molar-refractivity contribution in [2.24, 2.45) is 0 Å². The second kappa shape index (κ2) is 9.33. The fourth-order valence-corrected chi connectivity index (χ4v) is 3.84. The van der Waals surface area contributed by atoms with Crippen LogP contribution in [0.5, 0.6) is 11.5 Å². The molecule has 0 N–H and O–H groups in total. The number of rotatable bonds is 6. The Labute approximate surface area is 175 Å². The molecule has 1 amide bonds. The van der Waals surface area contributed by atoms with Gasteiger partial charge in [-0.25, -0.2) is 0 Å². The first-order valence-electron chi connectivity index (χ1n) is 9.91. The van der Waals surface area contributed by atoms with Gasteiger partial charge in [0.2, 0.25) is 5.91 Å². The highest BCUT2D eigenvalue weighted by molar-refractivity contribution is 6.32. The summed E-state index contributed by atoms with van der Waals surface area (Å²) in [5.41, 5.74) is 1.89. The molecule has 0 aromatic heterocycles. The van der Waals surface area contributed by atoms with E-state index in [9.17, 15) is 4.79 Å². The Balaban J connectivity index is 1.50. The van der Waals surface area contributed by atoms with Gasteiger partial charge in [0, 0.05) is 25.8 Å². The summed E-state index contributed by atoms with van der Waals surface area (Å²) in [7, 11) is 0. The Morgan fingerprint density at radius 3 is 2.76 bits per heavy atom. The van der Waals surface area contributed by atoms with Crippen molar-refractivity contribution < 1.29 is 19.0 Å². The molecule has 0 saturated carbocycles. The van der Waals surface area contributed by atoms with Gasteiger partial charge in [0.25, 0.3) is 0 Å². The van der Waals surface area contributed by atoms with E-state index in [4.69, 9.17) is 25.8 Å². The van der Waals surface area contributed by atoms with Gasteiger partial charge < -0.3 is 19.1 Å². The molecular formula is C23H24ClNO4. The SMILES string of the molecule is O=C(C=Cc1cc(Cl)c2c(c1)OCCO2)N(Cc1ccccc1)CC1CCCO1. The Bertz CT molecular complexity index is 878. The molecule has 0 bridgehead atoms. The third kappa shape index (κ3) is 5.11. The molecular weight excluding hydrogens is 390 g/mol. The van der Waals surface area contributed by atoms with Crippen molar-refractivity contribution in [1.29, 1.82) is 0 Å². The summed E-state index contributed by atoms with van der Waals surface area (Å²) in [5.74, 6) is 1.11. The number of amides is 1. The van der Waals surface area contributed by atoms with Gasteiger partial charge in [-0.3, -0.25) is 4.79 Å². The van der Waals surface area contributed by atoms with E-state index in [0.717, 1.165) is 30.6 Å². The zero-order chi connectivity index (χ0) is 20.1. The topological polar surface area (TPSA) is 48.0 Å². The average Bonchev–Trinajstić information content (AvgIpc) is 3.25. The van der Waals surface area contributed by atoms with Gasteiger partial charge in [-0.2, -0.15) is 0 Å². The van der Waals surface area contributed by atoms with Crippen LogP contribution in [0.15, 0.2) is 48.5 Å². The molecule has 152 valence electrons. The van der Waals surface area contributed by atoms with Crippen LogP contribution in [0.3, 0.4) is 0 Å². The molecule has 4 rings (SSSR count). The van der Waals surface area contributed by atoms with Crippen LogP contribution in [0.4, 0.5) is 0 Å². The second-order valence-corrected chi connectivity index (χ2v) is 7.61. The lowest BCUT2D eigenvalue weighted by Gasteiger charge is -2.24. The van der Waals surface area contributed by atoms with Crippen molar-refractivity contribution in [3.8, 4) is 11.5 Å². The number of hydrogen-bond donors (Lipinski definition) is 0. The number of nitrogens with zero attached hydrogens (tertiary/aromatic N) is 1. The van der Waals surface area contributed by atoms with Crippen molar-refractivity contribution in [3.05, 3.63) is 64.7 Å². The molecule has 1 fully saturated rings. The van der Waals surface area contributed by atoms with Crippen molar-refractivity contribution in [3.63, 3.8) is 0 Å². The third-order valence-electron chi connectivity index (χ3n) is 5.01. The smallest absolute Gasteiger partial charge is 0.246 e. The predicted molar refractivity (Wildman–Crippen MR) is 112 cm³/mol. The van der Waals surface area contributed by atoms with Crippen LogP contribution in [0.2, 0.25) is 5.02 Å². The third-order valence-corrected chi connectivity index (χ3v) is 5.29. The summed E-state index contributed by atoms with van der Waals surface area (Å²) in [6, 6.07) is 13.6. The predicted octanol–water partition coefficient (Wildman–Crippen LogP) is 4.33. The zero-order valence-electron chi connectivity index (χ0n) is 16.2. The van der Waals surface area contributed by atoms with E-state index >= 15 is 0 Å². The molecule has 5 nitrogen and oxygen atoms in total. The maximum absolute atomic E-state index is 13.0. The first kappa shape index (κ1) is 19.8. The Kier molecular flexibility index (Phi) is 6.37. The maximum atomic E-state index is 13.0. The second-order valence-electron chi connectivity index (χ2n) is 7.20. The number of carbonyl (C=O) groups excluding carboxylic acids is 1. The van der Waals surface area contributed by atoms with E-state index in [1.54, 1.807) is 18.2 Å². The van der Waals surface area contributed by atoms with E-state index < -0.39 is 0 Å².